The first-order valence-electron chi connectivity index (χ1n) is 11.6. The number of aryl methyl sites for hydroxylation is 1. The molecule has 8 heteroatoms. The lowest BCUT2D eigenvalue weighted by molar-refractivity contribution is 0.0600. The number of hydrogen-bond acceptors (Lipinski definition) is 5. The molecule has 0 unspecified atom stereocenters. The highest BCUT2D eigenvalue weighted by molar-refractivity contribution is 7.80. The fraction of sp³-hybridized carbons (Fsp3) is 0.179. The van der Waals surface area contributed by atoms with Gasteiger partial charge in [-0.1, -0.05) is 18.2 Å². The molecule has 1 aliphatic rings. The molecule has 1 saturated heterocycles. The molecule has 1 fully saturated rings. The van der Waals surface area contributed by atoms with Crippen molar-refractivity contribution in [2.75, 3.05) is 12.0 Å². The lowest BCUT2D eigenvalue weighted by Crippen LogP contribution is -2.29. The molecule has 0 bridgehead atoms. The number of ether oxygens (including phenoxy) is 1. The van der Waals surface area contributed by atoms with Crippen LogP contribution in [0.3, 0.4) is 0 Å². The van der Waals surface area contributed by atoms with Crippen LogP contribution in [0.1, 0.15) is 45.1 Å². The number of phenols is 1. The number of carbonyl (C=O) groups excluding carboxylic acids is 1. The Kier molecular flexibility index (Phi) is 6.20. The van der Waals surface area contributed by atoms with Crippen molar-refractivity contribution in [2.24, 2.45) is 0 Å². The summed E-state index contributed by atoms with van der Waals surface area (Å²) < 4.78 is 6.98. The van der Waals surface area contributed by atoms with E-state index in [0.29, 0.717) is 16.4 Å². The highest BCUT2D eigenvalue weighted by atomic mass is 32.1. The zero-order valence-electron chi connectivity index (χ0n) is 20.2. The molecule has 3 heterocycles. The normalized spacial score (nSPS) is 17.2. The van der Waals surface area contributed by atoms with E-state index < -0.39 is 0 Å². The molecule has 36 heavy (non-hydrogen) atoms. The third-order valence-corrected chi connectivity index (χ3v) is 6.89. The molecular weight excluding hydrogens is 472 g/mol. The minimum atomic E-state index is -0.370. The third kappa shape index (κ3) is 3.99. The minimum absolute atomic E-state index is 0.153. The highest BCUT2D eigenvalue weighted by Crippen LogP contribution is 2.45. The predicted molar refractivity (Wildman–Crippen MR) is 143 cm³/mol. The van der Waals surface area contributed by atoms with E-state index in [1.54, 1.807) is 30.5 Å². The summed E-state index contributed by atoms with van der Waals surface area (Å²) >= 11 is 5.79. The molecule has 182 valence electrons. The number of para-hydroxylation sites is 2. The molecule has 2 aromatic carbocycles. The number of methoxy groups -OCH3 is 1. The van der Waals surface area contributed by atoms with E-state index in [4.69, 9.17) is 17.0 Å². The molecule has 7 nitrogen and oxygen atoms in total. The van der Waals surface area contributed by atoms with Crippen LogP contribution in [0.5, 0.6) is 5.75 Å². The van der Waals surface area contributed by atoms with Crippen LogP contribution in [0.15, 0.2) is 79.0 Å². The average Bonchev–Trinajstić information content (AvgIpc) is 3.39. The Labute approximate surface area is 215 Å². The SMILES string of the molecule is COC(=O)c1ccc(-n2c(C)cc([C@@H]3[C@H](c4ccccn4)NC(=S)N3c3ccccc3O)c2C)cc1. The van der Waals surface area contributed by atoms with Crippen molar-refractivity contribution in [3.8, 4) is 11.4 Å². The highest BCUT2D eigenvalue weighted by Gasteiger charge is 2.43. The molecule has 2 atom stereocenters. The van der Waals surface area contributed by atoms with Crippen molar-refractivity contribution in [1.29, 1.82) is 0 Å². The van der Waals surface area contributed by atoms with Crippen molar-refractivity contribution in [2.45, 2.75) is 25.9 Å². The van der Waals surface area contributed by atoms with Crippen molar-refractivity contribution >= 4 is 29.0 Å². The maximum absolute atomic E-state index is 11.9. The van der Waals surface area contributed by atoms with E-state index in [1.165, 1.54) is 7.11 Å². The van der Waals surface area contributed by atoms with Gasteiger partial charge in [0.05, 0.1) is 36.1 Å². The van der Waals surface area contributed by atoms with E-state index in [-0.39, 0.29) is 23.8 Å². The summed E-state index contributed by atoms with van der Waals surface area (Å²) in [6.45, 7) is 4.11. The molecule has 0 amide bonds. The Morgan fingerprint density at radius 1 is 1.06 bits per heavy atom. The number of anilines is 1. The van der Waals surface area contributed by atoms with Crippen LogP contribution < -0.4 is 10.2 Å². The second-order valence-electron chi connectivity index (χ2n) is 8.69. The van der Waals surface area contributed by atoms with Crippen LogP contribution in [-0.4, -0.2) is 32.8 Å². The maximum atomic E-state index is 11.9. The number of aromatic nitrogens is 2. The van der Waals surface area contributed by atoms with Gasteiger partial charge in [0.2, 0.25) is 0 Å². The smallest absolute Gasteiger partial charge is 0.337 e. The second kappa shape index (κ2) is 9.47. The van der Waals surface area contributed by atoms with Gasteiger partial charge in [-0.15, -0.1) is 0 Å². The number of thiocarbonyl (C=S) groups is 1. The number of nitrogens with zero attached hydrogens (tertiary/aromatic N) is 3. The van der Waals surface area contributed by atoms with Crippen LogP contribution in [0, 0.1) is 13.8 Å². The molecule has 0 spiro atoms. The Hall–Kier alpha value is -4.17. The van der Waals surface area contributed by atoms with Gasteiger partial charge < -0.3 is 24.6 Å². The van der Waals surface area contributed by atoms with E-state index in [0.717, 1.165) is 28.3 Å². The predicted octanol–water partition coefficient (Wildman–Crippen LogP) is 5.16. The number of aromatic hydroxyl groups is 1. The fourth-order valence-corrected chi connectivity index (χ4v) is 5.29. The van der Waals surface area contributed by atoms with Gasteiger partial charge in [-0.05, 0) is 86.2 Å². The molecule has 5 rings (SSSR count). The molecular formula is C28H26N4O3S. The number of nitrogens with one attached hydrogen (secondary N) is 1. The van der Waals surface area contributed by atoms with Crippen LogP contribution in [0.25, 0.3) is 5.69 Å². The van der Waals surface area contributed by atoms with Gasteiger partial charge in [-0.25, -0.2) is 4.79 Å². The molecule has 0 saturated carbocycles. The largest absolute Gasteiger partial charge is 0.506 e. The van der Waals surface area contributed by atoms with Gasteiger partial charge in [0.15, 0.2) is 5.11 Å². The zero-order valence-corrected chi connectivity index (χ0v) is 21.0. The monoisotopic (exact) mass is 498 g/mol. The molecule has 2 aromatic heterocycles. The van der Waals surface area contributed by atoms with E-state index >= 15 is 0 Å². The topological polar surface area (TPSA) is 79.6 Å². The van der Waals surface area contributed by atoms with Crippen molar-refractivity contribution < 1.29 is 14.6 Å². The summed E-state index contributed by atoms with van der Waals surface area (Å²) in [5, 5.41) is 14.7. The standard InChI is InChI=1S/C28H26N4O3S/c1-17-16-21(18(2)31(17)20-13-11-19(12-14-20)27(34)35-3)26-25(22-8-6-7-15-29-22)30-28(36)32(26)23-9-4-5-10-24(23)33/h4-16,25-26,33H,1-3H3,(H,30,36)/t25-,26+/m0/s1. The Morgan fingerprint density at radius 3 is 2.44 bits per heavy atom. The lowest BCUT2D eigenvalue weighted by atomic mass is 9.96. The summed E-state index contributed by atoms with van der Waals surface area (Å²) in [6.07, 6.45) is 1.77. The minimum Gasteiger partial charge on any atom is -0.506 e. The number of pyridine rings is 1. The average molecular weight is 499 g/mol. The number of carbonyl (C=O) groups is 1. The quantitative estimate of drug-likeness (QED) is 0.291. The third-order valence-electron chi connectivity index (χ3n) is 6.57. The maximum Gasteiger partial charge on any atom is 0.337 e. The number of benzene rings is 2. The molecule has 4 aromatic rings. The summed E-state index contributed by atoms with van der Waals surface area (Å²) in [5.74, 6) is -0.217. The lowest BCUT2D eigenvalue weighted by Gasteiger charge is -2.28. The van der Waals surface area contributed by atoms with E-state index in [1.807, 2.05) is 54.3 Å². The van der Waals surface area contributed by atoms with E-state index in [9.17, 15) is 9.90 Å². The van der Waals surface area contributed by atoms with Gasteiger partial charge in [-0.2, -0.15) is 0 Å². The van der Waals surface area contributed by atoms with Crippen LogP contribution in [0.4, 0.5) is 5.69 Å². The Morgan fingerprint density at radius 2 is 1.78 bits per heavy atom. The van der Waals surface area contributed by atoms with Gasteiger partial charge in [-0.3, -0.25) is 4.98 Å². The zero-order chi connectivity index (χ0) is 25.4. The Bertz CT molecular complexity index is 1430. The summed E-state index contributed by atoms with van der Waals surface area (Å²) in [4.78, 5) is 18.5. The van der Waals surface area contributed by atoms with Crippen molar-refractivity contribution in [3.05, 3.63) is 107 Å². The number of phenolic OH excluding ortho intramolecular Hbond substituents is 1. The van der Waals surface area contributed by atoms with Gasteiger partial charge in [0.25, 0.3) is 0 Å². The van der Waals surface area contributed by atoms with Crippen LogP contribution >= 0.6 is 12.2 Å². The number of esters is 1. The number of hydrogen-bond donors (Lipinski definition) is 2. The van der Waals surface area contributed by atoms with Crippen LogP contribution in [0.2, 0.25) is 0 Å². The van der Waals surface area contributed by atoms with Crippen LogP contribution in [-0.2, 0) is 4.74 Å². The first-order chi connectivity index (χ1) is 17.4. The van der Waals surface area contributed by atoms with Gasteiger partial charge in [0, 0.05) is 23.3 Å². The molecule has 0 radical (unpaired) electrons. The van der Waals surface area contributed by atoms with Crippen molar-refractivity contribution in [3.63, 3.8) is 0 Å². The summed E-state index contributed by atoms with van der Waals surface area (Å²) in [5.41, 5.74) is 6.02. The van der Waals surface area contributed by atoms with Gasteiger partial charge in [0.1, 0.15) is 5.75 Å². The number of rotatable bonds is 5. The molecule has 1 aliphatic heterocycles. The summed E-state index contributed by atoms with van der Waals surface area (Å²) in [6, 6.07) is 22.0. The van der Waals surface area contributed by atoms with Crippen molar-refractivity contribution in [1.82, 2.24) is 14.9 Å². The molecule has 0 aliphatic carbocycles. The van der Waals surface area contributed by atoms with Gasteiger partial charge >= 0.3 is 5.97 Å². The fourth-order valence-electron chi connectivity index (χ4n) is 4.95. The molecule has 2 N–H and O–H groups in total. The first-order valence-corrected chi connectivity index (χ1v) is 12.0. The van der Waals surface area contributed by atoms with E-state index in [2.05, 4.69) is 27.9 Å². The summed E-state index contributed by atoms with van der Waals surface area (Å²) in [7, 11) is 1.37. The second-order valence-corrected chi connectivity index (χ2v) is 9.07. The Balaban J connectivity index is 1.64. The first kappa shape index (κ1) is 23.6.